The number of hydrogen-bond donors (Lipinski definition) is 1. The van der Waals surface area contributed by atoms with Gasteiger partial charge in [-0.1, -0.05) is 43.0 Å². The molecule has 2 nitrogen and oxygen atoms in total. The Morgan fingerprint density at radius 2 is 1.74 bits per heavy atom. The summed E-state index contributed by atoms with van der Waals surface area (Å²) in [6.07, 6.45) is 6.29. The van der Waals surface area contributed by atoms with Gasteiger partial charge in [0.2, 0.25) is 0 Å². The molecule has 0 radical (unpaired) electrons. The molecule has 2 fully saturated rings. The molecule has 1 aliphatic carbocycles. The van der Waals surface area contributed by atoms with Gasteiger partial charge in [0.05, 0.1) is 5.02 Å². The maximum Gasteiger partial charge on any atom is 0.146 e. The van der Waals surface area contributed by atoms with E-state index in [-0.39, 0.29) is 41.7 Å². The van der Waals surface area contributed by atoms with E-state index in [9.17, 15) is 4.39 Å². The number of halogens is 4. The topological polar surface area (TPSA) is 15.3 Å². The molecule has 2 aliphatic rings. The second kappa shape index (κ2) is 10.0. The lowest BCUT2D eigenvalue weighted by Gasteiger charge is -2.41. The SMILES string of the molecule is Cl.Cl.Fc1c(Cl)cccc1[C@@H](C1CCCCC1)N1CCNCC1. The molecule has 0 amide bonds. The molecule has 1 aliphatic heterocycles. The van der Waals surface area contributed by atoms with Gasteiger partial charge in [-0.2, -0.15) is 0 Å². The molecule has 0 unspecified atom stereocenters. The smallest absolute Gasteiger partial charge is 0.146 e. The highest BCUT2D eigenvalue weighted by molar-refractivity contribution is 6.30. The van der Waals surface area contributed by atoms with E-state index in [0.29, 0.717) is 5.92 Å². The van der Waals surface area contributed by atoms with Gasteiger partial charge in [-0.05, 0) is 24.8 Å². The van der Waals surface area contributed by atoms with Crippen LogP contribution in [0.3, 0.4) is 0 Å². The zero-order valence-electron chi connectivity index (χ0n) is 13.3. The average molecular weight is 384 g/mol. The van der Waals surface area contributed by atoms with E-state index in [1.165, 1.54) is 32.1 Å². The molecule has 1 saturated heterocycles. The van der Waals surface area contributed by atoms with Gasteiger partial charge in [-0.3, -0.25) is 4.90 Å². The molecule has 6 heteroatoms. The van der Waals surface area contributed by atoms with Crippen LogP contribution in [0, 0.1) is 11.7 Å². The zero-order chi connectivity index (χ0) is 14.7. The van der Waals surface area contributed by atoms with Crippen LogP contribution in [0.4, 0.5) is 4.39 Å². The molecular formula is C17H26Cl3FN2. The molecule has 3 rings (SSSR count). The largest absolute Gasteiger partial charge is 0.314 e. The van der Waals surface area contributed by atoms with Crippen LogP contribution >= 0.6 is 36.4 Å². The maximum atomic E-state index is 14.6. The predicted molar refractivity (Wildman–Crippen MR) is 99.7 cm³/mol. The third-order valence-corrected chi connectivity index (χ3v) is 5.23. The number of nitrogens with one attached hydrogen (secondary N) is 1. The third-order valence-electron chi connectivity index (χ3n) is 4.94. The lowest BCUT2D eigenvalue weighted by Crippen LogP contribution is -2.47. The van der Waals surface area contributed by atoms with Gasteiger partial charge in [-0.15, -0.1) is 24.8 Å². The Kier molecular flexibility index (Phi) is 9.17. The Balaban J connectivity index is 0.00000132. The van der Waals surface area contributed by atoms with Crippen LogP contribution in [0.5, 0.6) is 0 Å². The first-order valence-electron chi connectivity index (χ1n) is 8.16. The highest BCUT2D eigenvalue weighted by Crippen LogP contribution is 2.40. The highest BCUT2D eigenvalue weighted by Gasteiger charge is 2.32. The number of hydrogen-bond acceptors (Lipinski definition) is 2. The fraction of sp³-hybridized carbons (Fsp3) is 0.647. The van der Waals surface area contributed by atoms with Crippen molar-refractivity contribution in [2.24, 2.45) is 5.92 Å². The Bertz CT molecular complexity index is 457. The van der Waals surface area contributed by atoms with Crippen LogP contribution < -0.4 is 5.32 Å². The zero-order valence-corrected chi connectivity index (χ0v) is 15.7. The molecule has 1 N–H and O–H groups in total. The first-order valence-corrected chi connectivity index (χ1v) is 8.54. The fourth-order valence-corrected chi connectivity index (χ4v) is 4.09. The lowest BCUT2D eigenvalue weighted by molar-refractivity contribution is 0.101. The number of piperazine rings is 1. The molecule has 0 spiro atoms. The average Bonchev–Trinajstić information content (AvgIpc) is 2.54. The van der Waals surface area contributed by atoms with Crippen LogP contribution in [0.15, 0.2) is 18.2 Å². The van der Waals surface area contributed by atoms with Gasteiger partial charge in [0, 0.05) is 37.8 Å². The van der Waals surface area contributed by atoms with Crippen molar-refractivity contribution in [3.63, 3.8) is 0 Å². The first-order chi connectivity index (χ1) is 10.3. The van der Waals surface area contributed by atoms with E-state index in [1.54, 1.807) is 6.07 Å². The van der Waals surface area contributed by atoms with Crippen molar-refractivity contribution in [1.29, 1.82) is 0 Å². The normalized spacial score (nSPS) is 21.1. The number of benzene rings is 1. The fourth-order valence-electron chi connectivity index (χ4n) is 3.91. The van der Waals surface area contributed by atoms with E-state index in [2.05, 4.69) is 10.2 Å². The number of nitrogens with zero attached hydrogens (tertiary/aromatic N) is 1. The van der Waals surface area contributed by atoms with Crippen molar-refractivity contribution >= 4 is 36.4 Å². The molecule has 1 saturated carbocycles. The van der Waals surface area contributed by atoms with E-state index >= 15 is 0 Å². The summed E-state index contributed by atoms with van der Waals surface area (Å²) >= 11 is 6.03. The Labute approximate surface area is 156 Å². The van der Waals surface area contributed by atoms with E-state index in [4.69, 9.17) is 11.6 Å². The third kappa shape index (κ3) is 4.96. The standard InChI is InChI=1S/C17H24ClFN2.2ClH/c18-15-8-4-7-14(16(15)19)17(13-5-2-1-3-6-13)21-11-9-20-10-12-21;;/h4,7-8,13,17,20H,1-3,5-6,9-12H2;2*1H/t17-;;/m1../s1. The molecule has 1 aromatic carbocycles. The summed E-state index contributed by atoms with van der Waals surface area (Å²) < 4.78 is 14.6. The van der Waals surface area contributed by atoms with Crippen LogP contribution in [-0.2, 0) is 0 Å². The second-order valence-electron chi connectivity index (χ2n) is 6.27. The van der Waals surface area contributed by atoms with Crippen LogP contribution in [-0.4, -0.2) is 31.1 Å². The molecule has 132 valence electrons. The van der Waals surface area contributed by atoms with E-state index in [1.807, 2.05) is 12.1 Å². The molecular weight excluding hydrogens is 358 g/mol. The van der Waals surface area contributed by atoms with Gasteiger partial charge in [0.1, 0.15) is 5.82 Å². The maximum absolute atomic E-state index is 14.6. The summed E-state index contributed by atoms with van der Waals surface area (Å²) in [5.41, 5.74) is 0.802. The lowest BCUT2D eigenvalue weighted by atomic mass is 9.80. The van der Waals surface area contributed by atoms with Gasteiger partial charge in [0.25, 0.3) is 0 Å². The minimum Gasteiger partial charge on any atom is -0.314 e. The number of rotatable bonds is 3. The van der Waals surface area contributed by atoms with Crippen molar-refractivity contribution in [3.8, 4) is 0 Å². The van der Waals surface area contributed by atoms with Crippen molar-refractivity contribution in [1.82, 2.24) is 10.2 Å². The minimum absolute atomic E-state index is 0. The highest BCUT2D eigenvalue weighted by atomic mass is 35.5. The van der Waals surface area contributed by atoms with Gasteiger partial charge < -0.3 is 5.32 Å². The Morgan fingerprint density at radius 3 is 2.39 bits per heavy atom. The summed E-state index contributed by atoms with van der Waals surface area (Å²) in [5, 5.41) is 3.64. The van der Waals surface area contributed by atoms with Crippen molar-refractivity contribution in [3.05, 3.63) is 34.6 Å². The Morgan fingerprint density at radius 1 is 1.09 bits per heavy atom. The van der Waals surface area contributed by atoms with Crippen LogP contribution in [0.25, 0.3) is 0 Å². The Hall–Kier alpha value is -0.0600. The summed E-state index contributed by atoms with van der Waals surface area (Å²) in [6, 6.07) is 5.66. The van der Waals surface area contributed by atoms with Crippen molar-refractivity contribution in [2.45, 2.75) is 38.1 Å². The van der Waals surface area contributed by atoms with Gasteiger partial charge >= 0.3 is 0 Å². The molecule has 0 aromatic heterocycles. The minimum atomic E-state index is -0.215. The first kappa shape index (κ1) is 21.0. The summed E-state index contributed by atoms with van der Waals surface area (Å²) in [5.74, 6) is 0.345. The quantitative estimate of drug-likeness (QED) is 0.802. The predicted octanol–water partition coefficient (Wildman–Crippen LogP) is 4.85. The van der Waals surface area contributed by atoms with Crippen LogP contribution in [0.1, 0.15) is 43.7 Å². The molecule has 0 bridgehead atoms. The van der Waals surface area contributed by atoms with E-state index < -0.39 is 0 Å². The van der Waals surface area contributed by atoms with Crippen LogP contribution in [0.2, 0.25) is 5.02 Å². The molecule has 1 atom stereocenters. The summed E-state index contributed by atoms with van der Waals surface area (Å²) in [7, 11) is 0. The monoisotopic (exact) mass is 382 g/mol. The second-order valence-corrected chi connectivity index (χ2v) is 6.68. The molecule has 23 heavy (non-hydrogen) atoms. The van der Waals surface area contributed by atoms with Gasteiger partial charge in [-0.25, -0.2) is 4.39 Å². The van der Waals surface area contributed by atoms with E-state index in [0.717, 1.165) is 31.7 Å². The molecule has 1 aromatic rings. The summed E-state index contributed by atoms with van der Waals surface area (Å²) in [6.45, 7) is 3.97. The van der Waals surface area contributed by atoms with Crippen molar-refractivity contribution in [2.75, 3.05) is 26.2 Å². The summed E-state index contributed by atoms with van der Waals surface area (Å²) in [4.78, 5) is 2.46. The van der Waals surface area contributed by atoms with Crippen molar-refractivity contribution < 1.29 is 4.39 Å². The molecule has 1 heterocycles. The van der Waals surface area contributed by atoms with Gasteiger partial charge in [0.15, 0.2) is 0 Å².